The maximum atomic E-state index is 11.8. The molecular formula is C17H25N3O5. The molecule has 1 heterocycles. The molecule has 0 aliphatic rings. The SMILES string of the molecule is CC(C)(C)OC(=O)NC(CCCCNC(=O)c1cccnc1)C(=O)O. The van der Waals surface area contributed by atoms with Gasteiger partial charge in [0.1, 0.15) is 11.6 Å². The van der Waals surface area contributed by atoms with Crippen LogP contribution in [0.25, 0.3) is 0 Å². The Kier molecular flexibility index (Phi) is 7.84. The van der Waals surface area contributed by atoms with Crippen LogP contribution in [0, 0.1) is 0 Å². The van der Waals surface area contributed by atoms with Crippen LogP contribution in [0.5, 0.6) is 0 Å². The summed E-state index contributed by atoms with van der Waals surface area (Å²) >= 11 is 0. The molecule has 2 amide bonds. The van der Waals surface area contributed by atoms with E-state index in [0.717, 1.165) is 0 Å². The maximum absolute atomic E-state index is 11.8. The Labute approximate surface area is 147 Å². The van der Waals surface area contributed by atoms with Crippen molar-refractivity contribution in [3.8, 4) is 0 Å². The van der Waals surface area contributed by atoms with Crippen LogP contribution in [0.15, 0.2) is 24.5 Å². The van der Waals surface area contributed by atoms with Gasteiger partial charge in [-0.15, -0.1) is 0 Å². The summed E-state index contributed by atoms with van der Waals surface area (Å²) < 4.78 is 5.05. The molecule has 0 fully saturated rings. The highest BCUT2D eigenvalue weighted by atomic mass is 16.6. The molecule has 1 unspecified atom stereocenters. The summed E-state index contributed by atoms with van der Waals surface area (Å²) in [5, 5.41) is 14.2. The first-order valence-electron chi connectivity index (χ1n) is 8.09. The predicted molar refractivity (Wildman–Crippen MR) is 91.2 cm³/mol. The maximum Gasteiger partial charge on any atom is 0.408 e. The lowest BCUT2D eigenvalue weighted by Gasteiger charge is -2.22. The number of rotatable bonds is 8. The molecule has 0 bridgehead atoms. The molecule has 0 aliphatic carbocycles. The van der Waals surface area contributed by atoms with Gasteiger partial charge in [-0.1, -0.05) is 0 Å². The molecule has 0 spiro atoms. The van der Waals surface area contributed by atoms with Gasteiger partial charge < -0.3 is 20.5 Å². The second-order valence-corrected chi connectivity index (χ2v) is 6.53. The average molecular weight is 351 g/mol. The second kappa shape index (κ2) is 9.61. The van der Waals surface area contributed by atoms with Gasteiger partial charge in [0.2, 0.25) is 0 Å². The fourth-order valence-electron chi connectivity index (χ4n) is 1.98. The molecule has 8 heteroatoms. The molecule has 1 atom stereocenters. The van der Waals surface area contributed by atoms with Crippen molar-refractivity contribution in [2.24, 2.45) is 0 Å². The number of aromatic nitrogens is 1. The van der Waals surface area contributed by atoms with Gasteiger partial charge in [0.15, 0.2) is 0 Å². The quantitative estimate of drug-likeness (QED) is 0.616. The third kappa shape index (κ3) is 8.69. The third-order valence-corrected chi connectivity index (χ3v) is 3.12. The van der Waals surface area contributed by atoms with E-state index >= 15 is 0 Å². The molecule has 0 aliphatic heterocycles. The Morgan fingerprint density at radius 1 is 1.28 bits per heavy atom. The van der Waals surface area contributed by atoms with Gasteiger partial charge in [-0.25, -0.2) is 9.59 Å². The van der Waals surface area contributed by atoms with Gasteiger partial charge in [0, 0.05) is 18.9 Å². The summed E-state index contributed by atoms with van der Waals surface area (Å²) in [5.41, 5.74) is -0.221. The smallest absolute Gasteiger partial charge is 0.408 e. The van der Waals surface area contributed by atoms with Gasteiger partial charge in [-0.05, 0) is 52.2 Å². The molecule has 1 aromatic rings. The summed E-state index contributed by atoms with van der Waals surface area (Å²) in [4.78, 5) is 38.5. The van der Waals surface area contributed by atoms with Crippen molar-refractivity contribution < 1.29 is 24.2 Å². The first-order chi connectivity index (χ1) is 11.7. The number of nitrogens with one attached hydrogen (secondary N) is 2. The van der Waals surface area contributed by atoms with Crippen LogP contribution < -0.4 is 10.6 Å². The summed E-state index contributed by atoms with van der Waals surface area (Å²) in [6.07, 6.45) is 3.66. The van der Waals surface area contributed by atoms with E-state index in [1.54, 1.807) is 39.1 Å². The number of carbonyl (C=O) groups is 3. The van der Waals surface area contributed by atoms with Crippen LogP contribution in [-0.4, -0.2) is 46.2 Å². The van der Waals surface area contributed by atoms with E-state index in [9.17, 15) is 14.4 Å². The van der Waals surface area contributed by atoms with Crippen LogP contribution in [-0.2, 0) is 9.53 Å². The number of hydrogen-bond acceptors (Lipinski definition) is 5. The van der Waals surface area contributed by atoms with E-state index in [1.165, 1.54) is 6.20 Å². The summed E-state index contributed by atoms with van der Waals surface area (Å²) in [5.74, 6) is -1.35. The number of amides is 2. The Morgan fingerprint density at radius 3 is 2.56 bits per heavy atom. The van der Waals surface area contributed by atoms with Crippen molar-refractivity contribution in [2.75, 3.05) is 6.54 Å². The minimum atomic E-state index is -1.12. The number of alkyl carbamates (subject to hydrolysis) is 1. The van der Waals surface area contributed by atoms with Gasteiger partial charge in [-0.3, -0.25) is 9.78 Å². The van der Waals surface area contributed by atoms with Gasteiger partial charge in [0.05, 0.1) is 5.56 Å². The fourth-order valence-corrected chi connectivity index (χ4v) is 1.98. The van der Waals surface area contributed by atoms with E-state index in [1.807, 2.05) is 0 Å². The molecule has 1 aromatic heterocycles. The van der Waals surface area contributed by atoms with Gasteiger partial charge >= 0.3 is 12.1 Å². The lowest BCUT2D eigenvalue weighted by molar-refractivity contribution is -0.139. The molecule has 8 nitrogen and oxygen atoms in total. The molecule has 3 N–H and O–H groups in total. The standard InChI is InChI=1S/C17H25N3O5/c1-17(2,3)25-16(24)20-13(15(22)23)8-4-5-10-19-14(21)12-7-6-9-18-11-12/h6-7,9,11,13H,4-5,8,10H2,1-3H3,(H,19,21)(H,20,24)(H,22,23). The lowest BCUT2D eigenvalue weighted by atomic mass is 10.1. The molecular weight excluding hydrogens is 326 g/mol. The van der Waals surface area contributed by atoms with Gasteiger partial charge in [-0.2, -0.15) is 0 Å². The van der Waals surface area contributed by atoms with Crippen LogP contribution in [0.2, 0.25) is 0 Å². The zero-order valence-electron chi connectivity index (χ0n) is 14.7. The monoisotopic (exact) mass is 351 g/mol. The van der Waals surface area contributed by atoms with Crippen molar-refractivity contribution in [1.29, 1.82) is 0 Å². The number of carboxylic acid groups (broad SMARTS) is 1. The van der Waals surface area contributed by atoms with E-state index in [2.05, 4.69) is 15.6 Å². The van der Waals surface area contributed by atoms with Crippen molar-refractivity contribution in [1.82, 2.24) is 15.6 Å². The third-order valence-electron chi connectivity index (χ3n) is 3.12. The zero-order valence-corrected chi connectivity index (χ0v) is 14.7. The molecule has 0 aromatic carbocycles. The number of pyridine rings is 1. The fraction of sp³-hybridized carbons (Fsp3) is 0.529. The second-order valence-electron chi connectivity index (χ2n) is 6.53. The molecule has 0 radical (unpaired) electrons. The number of hydrogen-bond donors (Lipinski definition) is 3. The van der Waals surface area contributed by atoms with E-state index in [0.29, 0.717) is 24.9 Å². The first kappa shape index (κ1) is 20.4. The molecule has 138 valence electrons. The lowest BCUT2D eigenvalue weighted by Crippen LogP contribution is -2.43. The highest BCUT2D eigenvalue weighted by Crippen LogP contribution is 2.08. The van der Waals surface area contributed by atoms with Crippen molar-refractivity contribution in [2.45, 2.75) is 51.7 Å². The number of aliphatic carboxylic acids is 1. The van der Waals surface area contributed by atoms with Crippen LogP contribution >= 0.6 is 0 Å². The van der Waals surface area contributed by atoms with Gasteiger partial charge in [0.25, 0.3) is 5.91 Å². The average Bonchev–Trinajstić information content (AvgIpc) is 2.52. The Morgan fingerprint density at radius 2 is 2.00 bits per heavy atom. The van der Waals surface area contributed by atoms with Crippen molar-refractivity contribution in [3.05, 3.63) is 30.1 Å². The number of carbonyl (C=O) groups excluding carboxylic acids is 2. The van der Waals surface area contributed by atoms with E-state index < -0.39 is 23.7 Å². The highest BCUT2D eigenvalue weighted by molar-refractivity contribution is 5.93. The Balaban J connectivity index is 2.30. The number of carboxylic acids is 1. The molecule has 0 saturated heterocycles. The first-order valence-corrected chi connectivity index (χ1v) is 8.09. The van der Waals surface area contributed by atoms with Crippen LogP contribution in [0.1, 0.15) is 50.4 Å². The molecule has 25 heavy (non-hydrogen) atoms. The van der Waals surface area contributed by atoms with Crippen molar-refractivity contribution in [3.63, 3.8) is 0 Å². The van der Waals surface area contributed by atoms with Crippen molar-refractivity contribution >= 4 is 18.0 Å². The van der Waals surface area contributed by atoms with E-state index in [4.69, 9.17) is 9.84 Å². The minimum absolute atomic E-state index is 0.227. The summed E-state index contributed by atoms with van der Waals surface area (Å²) in [6, 6.07) is 2.31. The summed E-state index contributed by atoms with van der Waals surface area (Å²) in [6.45, 7) is 5.51. The zero-order chi connectivity index (χ0) is 18.9. The highest BCUT2D eigenvalue weighted by Gasteiger charge is 2.23. The number of unbranched alkanes of at least 4 members (excludes halogenated alkanes) is 1. The Hall–Kier alpha value is -2.64. The van der Waals surface area contributed by atoms with Crippen LogP contribution in [0.3, 0.4) is 0 Å². The normalized spacial score (nSPS) is 12.1. The number of nitrogens with zero attached hydrogens (tertiary/aromatic N) is 1. The largest absolute Gasteiger partial charge is 0.480 e. The molecule has 0 saturated carbocycles. The minimum Gasteiger partial charge on any atom is -0.480 e. The predicted octanol–water partition coefficient (Wildman–Crippen LogP) is 1.96. The number of ether oxygens (including phenoxy) is 1. The molecule has 1 rings (SSSR count). The summed E-state index contributed by atoms with van der Waals surface area (Å²) in [7, 11) is 0. The topological polar surface area (TPSA) is 118 Å². The van der Waals surface area contributed by atoms with Crippen LogP contribution in [0.4, 0.5) is 4.79 Å². The van der Waals surface area contributed by atoms with E-state index in [-0.39, 0.29) is 12.3 Å². The Bertz CT molecular complexity index is 584.